The van der Waals surface area contributed by atoms with Gasteiger partial charge in [0.05, 0.1) is 5.52 Å². The quantitative estimate of drug-likeness (QED) is 0.203. The Bertz CT molecular complexity index is 2620. The molecule has 6 aromatic rings. The molecule has 3 unspecified atom stereocenters. The Kier molecular flexibility index (Phi) is 7.07. The van der Waals surface area contributed by atoms with Crippen molar-refractivity contribution in [2.24, 2.45) is 21.8 Å². The lowest BCUT2D eigenvalue weighted by molar-refractivity contribution is 0.443. The first kappa shape index (κ1) is 30.7. The van der Waals surface area contributed by atoms with Gasteiger partial charge in [-0.05, 0) is 74.7 Å². The third-order valence-corrected chi connectivity index (χ3v) is 11.4. The van der Waals surface area contributed by atoms with E-state index in [-0.39, 0.29) is 17.5 Å². The number of pyridine rings is 1. The summed E-state index contributed by atoms with van der Waals surface area (Å²) in [5, 5.41) is 7.54. The number of hydrogen-bond donors (Lipinski definition) is 1. The summed E-state index contributed by atoms with van der Waals surface area (Å²) in [7, 11) is 0. The summed E-state index contributed by atoms with van der Waals surface area (Å²) >= 11 is 0. The maximum absolute atomic E-state index is 5.44. The number of amidine groups is 2. The van der Waals surface area contributed by atoms with Gasteiger partial charge in [-0.15, -0.1) is 0 Å². The van der Waals surface area contributed by atoms with Crippen molar-refractivity contribution in [2.75, 3.05) is 0 Å². The lowest BCUT2D eigenvalue weighted by atomic mass is 9.62. The van der Waals surface area contributed by atoms with E-state index in [9.17, 15) is 0 Å². The number of nitrogens with one attached hydrogen (secondary N) is 1. The summed E-state index contributed by atoms with van der Waals surface area (Å²) in [6.07, 6.45) is 18.7. The van der Waals surface area contributed by atoms with Gasteiger partial charge in [-0.25, -0.2) is 9.98 Å². The van der Waals surface area contributed by atoms with Crippen LogP contribution in [0.2, 0.25) is 0 Å². The second-order valence-corrected chi connectivity index (χ2v) is 14.8. The van der Waals surface area contributed by atoms with Crippen LogP contribution in [0.4, 0.5) is 0 Å². The predicted octanol–water partition coefficient (Wildman–Crippen LogP) is 10.5. The van der Waals surface area contributed by atoms with Crippen LogP contribution in [0.3, 0.4) is 0 Å². The minimum absolute atomic E-state index is 0.144. The molecule has 0 radical (unpaired) electrons. The molecule has 3 aliphatic carbocycles. The Balaban J connectivity index is 1.13. The first-order valence-electron chi connectivity index (χ1n) is 18.3. The van der Waals surface area contributed by atoms with Gasteiger partial charge in [0, 0.05) is 39.6 Å². The molecule has 0 saturated heterocycles. The van der Waals surface area contributed by atoms with Crippen molar-refractivity contribution in [3.8, 4) is 11.1 Å². The lowest BCUT2D eigenvalue weighted by Crippen LogP contribution is -2.46. The van der Waals surface area contributed by atoms with Crippen LogP contribution in [-0.4, -0.2) is 22.8 Å². The monoisotopic (exact) mass is 670 g/mol. The fraction of sp³-hybridized carbons (Fsp3) is 0.146. The smallest absolute Gasteiger partial charge is 0.159 e. The van der Waals surface area contributed by atoms with E-state index in [1.54, 1.807) is 0 Å². The Morgan fingerprint density at radius 2 is 1.56 bits per heavy atom. The van der Waals surface area contributed by atoms with Crippen molar-refractivity contribution in [2.45, 2.75) is 31.8 Å². The lowest BCUT2D eigenvalue weighted by Gasteiger charge is -2.43. The Labute approximate surface area is 304 Å². The number of rotatable bonds is 4. The number of allylic oxidation sites excluding steroid dienone is 5. The molecule has 4 aliphatic rings. The Morgan fingerprint density at radius 3 is 2.46 bits per heavy atom. The van der Waals surface area contributed by atoms with Gasteiger partial charge in [0.15, 0.2) is 5.84 Å². The molecule has 2 heterocycles. The van der Waals surface area contributed by atoms with Gasteiger partial charge < -0.3 is 5.32 Å². The number of aliphatic imine (C=N–C) groups is 2. The minimum atomic E-state index is -0.306. The Hall–Kier alpha value is -6.13. The van der Waals surface area contributed by atoms with Gasteiger partial charge in [0.25, 0.3) is 0 Å². The number of nitrogens with zero attached hydrogens (tertiary/aromatic N) is 3. The second kappa shape index (κ2) is 12.0. The maximum atomic E-state index is 5.44. The number of fused-ring (bicyclic) bond motifs is 7. The van der Waals surface area contributed by atoms with Gasteiger partial charge in [0.2, 0.25) is 0 Å². The van der Waals surface area contributed by atoms with Crippen LogP contribution < -0.4 is 5.32 Å². The molecule has 4 nitrogen and oxygen atoms in total. The average molecular weight is 671 g/mol. The van der Waals surface area contributed by atoms with Crippen LogP contribution >= 0.6 is 0 Å². The highest BCUT2D eigenvalue weighted by atomic mass is 15.2. The van der Waals surface area contributed by atoms with Gasteiger partial charge in [-0.2, -0.15) is 0 Å². The fourth-order valence-electron chi connectivity index (χ4n) is 8.70. The molecule has 5 aromatic carbocycles. The molecule has 0 saturated carbocycles. The third-order valence-electron chi connectivity index (χ3n) is 11.4. The van der Waals surface area contributed by atoms with Gasteiger partial charge in [-0.1, -0.05) is 147 Å². The zero-order valence-electron chi connectivity index (χ0n) is 29.3. The molecule has 1 aromatic heterocycles. The first-order chi connectivity index (χ1) is 25.5. The topological polar surface area (TPSA) is 49.6 Å². The third kappa shape index (κ3) is 5.01. The van der Waals surface area contributed by atoms with Crippen LogP contribution in [-0.2, 0) is 11.8 Å². The van der Waals surface area contributed by atoms with E-state index in [4.69, 9.17) is 15.0 Å². The molecule has 0 amide bonds. The summed E-state index contributed by atoms with van der Waals surface area (Å²) < 4.78 is 0. The van der Waals surface area contributed by atoms with Crippen LogP contribution in [0.15, 0.2) is 161 Å². The Morgan fingerprint density at radius 1 is 0.769 bits per heavy atom. The van der Waals surface area contributed by atoms with Crippen molar-refractivity contribution < 1.29 is 0 Å². The SMILES string of the molecule is CC1C=Cc2c(c(C3=NC(c4ccc(-c5cnc6ccccc6c5)cc4)=NC(C4=Cc5ccccc5[C@@]5(C)C=CC=CC45)N3)cc3ccccc23)C1. The molecular weight excluding hydrogens is 633 g/mol. The van der Waals surface area contributed by atoms with Gasteiger partial charge in [0.1, 0.15) is 12.0 Å². The van der Waals surface area contributed by atoms with E-state index in [1.807, 2.05) is 12.3 Å². The normalized spacial score (nSPS) is 22.9. The summed E-state index contributed by atoms with van der Waals surface area (Å²) in [6, 6.07) is 39.0. The summed E-state index contributed by atoms with van der Waals surface area (Å²) in [6.45, 7) is 4.66. The molecule has 4 heteroatoms. The minimum Gasteiger partial charge on any atom is -0.344 e. The van der Waals surface area contributed by atoms with E-state index in [1.165, 1.54) is 38.6 Å². The first-order valence-corrected chi connectivity index (χ1v) is 18.3. The molecule has 250 valence electrons. The molecular formula is C48H38N4. The molecule has 0 fully saturated rings. The summed E-state index contributed by atoms with van der Waals surface area (Å²) in [5.74, 6) is 2.19. The number of aromatic nitrogens is 1. The van der Waals surface area contributed by atoms with E-state index in [0.29, 0.717) is 5.92 Å². The van der Waals surface area contributed by atoms with E-state index >= 15 is 0 Å². The van der Waals surface area contributed by atoms with Crippen LogP contribution in [0, 0.1) is 11.8 Å². The average Bonchev–Trinajstić information content (AvgIpc) is 3.19. The molecule has 1 N–H and O–H groups in total. The van der Waals surface area contributed by atoms with Crippen LogP contribution in [0.5, 0.6) is 0 Å². The number of benzene rings is 5. The van der Waals surface area contributed by atoms with E-state index in [2.05, 4.69) is 165 Å². The second-order valence-electron chi connectivity index (χ2n) is 14.8. The molecule has 0 spiro atoms. The zero-order chi connectivity index (χ0) is 34.8. The summed E-state index contributed by atoms with van der Waals surface area (Å²) in [4.78, 5) is 15.5. The summed E-state index contributed by atoms with van der Waals surface area (Å²) in [5.41, 5.74) is 11.6. The van der Waals surface area contributed by atoms with E-state index in [0.717, 1.165) is 51.2 Å². The zero-order valence-corrected chi connectivity index (χ0v) is 29.3. The molecule has 4 atom stereocenters. The molecule has 0 bridgehead atoms. The maximum Gasteiger partial charge on any atom is 0.159 e. The van der Waals surface area contributed by atoms with Crippen molar-refractivity contribution >= 4 is 45.5 Å². The van der Waals surface area contributed by atoms with E-state index < -0.39 is 0 Å². The molecule has 10 rings (SSSR count). The van der Waals surface area contributed by atoms with Gasteiger partial charge >= 0.3 is 0 Å². The van der Waals surface area contributed by atoms with Crippen LogP contribution in [0.25, 0.3) is 45.0 Å². The largest absolute Gasteiger partial charge is 0.344 e. The van der Waals surface area contributed by atoms with Crippen molar-refractivity contribution in [3.63, 3.8) is 0 Å². The highest BCUT2D eigenvalue weighted by molar-refractivity contribution is 6.15. The van der Waals surface area contributed by atoms with Crippen LogP contribution in [0.1, 0.15) is 47.2 Å². The van der Waals surface area contributed by atoms with Gasteiger partial charge in [-0.3, -0.25) is 4.98 Å². The molecule has 1 aliphatic heterocycles. The highest BCUT2D eigenvalue weighted by Crippen LogP contribution is 2.48. The standard InChI is InChI=1S/C48H38N4/c1-30-18-23-38-37-14-6-3-11-33(37)27-40(39(38)25-30)46-50-45(32-21-19-31(20-22-32)36-26-35-13-5-8-17-44(35)49-29-36)51-47(52-46)41-28-34-12-4-7-15-42(34)48(2)24-10-9-16-43(41)48/h3-24,26-30,43,47H,25H2,1-2H3,(H,50,51,52)/t30?,43?,47?,48-/m1/s1. The molecule has 52 heavy (non-hydrogen) atoms. The van der Waals surface area contributed by atoms with Crippen molar-refractivity contribution in [3.05, 3.63) is 185 Å². The van der Waals surface area contributed by atoms with Crippen molar-refractivity contribution in [1.29, 1.82) is 0 Å². The van der Waals surface area contributed by atoms with Crippen molar-refractivity contribution in [1.82, 2.24) is 10.3 Å². The predicted molar refractivity (Wildman–Crippen MR) is 217 cm³/mol. The highest BCUT2D eigenvalue weighted by Gasteiger charge is 2.43. The number of hydrogen-bond acceptors (Lipinski definition) is 4. The number of para-hydroxylation sites is 1. The fourth-order valence-corrected chi connectivity index (χ4v) is 8.70.